The van der Waals surface area contributed by atoms with Crippen molar-refractivity contribution in [3.63, 3.8) is 0 Å². The molecule has 1 aromatic carbocycles. The molecule has 1 aromatic heterocycles. The van der Waals surface area contributed by atoms with Gasteiger partial charge >= 0.3 is 0 Å². The Balaban J connectivity index is 2.31. The lowest BCUT2D eigenvalue weighted by atomic mass is 10.3. The number of ether oxygens (including phenoxy) is 3. The fraction of sp³-hybridized carbons (Fsp3) is 0.154. The summed E-state index contributed by atoms with van der Waals surface area (Å²) in [7, 11) is 3.15. The van der Waals surface area contributed by atoms with E-state index in [0.29, 0.717) is 23.1 Å². The molecule has 17 heavy (non-hydrogen) atoms. The van der Waals surface area contributed by atoms with Gasteiger partial charge in [-0.05, 0) is 24.3 Å². The van der Waals surface area contributed by atoms with Crippen molar-refractivity contribution in [2.45, 2.75) is 0 Å². The van der Waals surface area contributed by atoms with Crippen molar-refractivity contribution >= 4 is 0 Å². The predicted molar refractivity (Wildman–Crippen MR) is 63.9 cm³/mol. The van der Waals surface area contributed by atoms with Gasteiger partial charge in [-0.1, -0.05) is 12.1 Å². The quantitative estimate of drug-likeness (QED) is 0.811. The predicted octanol–water partition coefficient (Wildman–Crippen LogP) is 2.89. The fourth-order valence-electron chi connectivity index (χ4n) is 1.43. The molecule has 4 nitrogen and oxygen atoms in total. The Labute approximate surface area is 99.8 Å². The first-order valence-electron chi connectivity index (χ1n) is 5.15. The van der Waals surface area contributed by atoms with Crippen LogP contribution in [-0.4, -0.2) is 19.2 Å². The van der Waals surface area contributed by atoms with Crippen molar-refractivity contribution in [3.05, 3.63) is 42.6 Å². The van der Waals surface area contributed by atoms with E-state index >= 15 is 0 Å². The van der Waals surface area contributed by atoms with Crippen molar-refractivity contribution in [2.75, 3.05) is 14.2 Å². The second kappa shape index (κ2) is 5.21. The molecule has 0 aliphatic heterocycles. The second-order valence-electron chi connectivity index (χ2n) is 3.26. The van der Waals surface area contributed by atoms with Crippen molar-refractivity contribution in [2.24, 2.45) is 0 Å². The summed E-state index contributed by atoms with van der Waals surface area (Å²) in [5.74, 6) is 2.29. The summed E-state index contributed by atoms with van der Waals surface area (Å²) >= 11 is 0. The monoisotopic (exact) mass is 231 g/mol. The highest BCUT2D eigenvalue weighted by Crippen LogP contribution is 2.34. The van der Waals surface area contributed by atoms with Crippen LogP contribution in [0.1, 0.15) is 0 Å². The molecular formula is C13H13NO3. The summed E-state index contributed by atoms with van der Waals surface area (Å²) in [6, 6.07) is 11.0. The van der Waals surface area contributed by atoms with Crippen LogP contribution in [0.4, 0.5) is 0 Å². The summed E-state index contributed by atoms with van der Waals surface area (Å²) < 4.78 is 16.0. The summed E-state index contributed by atoms with van der Waals surface area (Å²) in [6.07, 6.45) is 1.65. The second-order valence-corrected chi connectivity index (χ2v) is 3.26. The minimum atomic E-state index is 0.443. The van der Waals surface area contributed by atoms with Gasteiger partial charge in [-0.2, -0.15) is 0 Å². The largest absolute Gasteiger partial charge is 0.493 e. The number of benzene rings is 1. The molecule has 0 atom stereocenters. The molecule has 88 valence electrons. The molecule has 0 unspecified atom stereocenters. The zero-order chi connectivity index (χ0) is 12.1. The SMILES string of the molecule is COc1ccccc1Oc1cccnc1OC. The topological polar surface area (TPSA) is 40.6 Å². The van der Waals surface area contributed by atoms with Crippen LogP contribution in [0.15, 0.2) is 42.6 Å². The maximum absolute atomic E-state index is 5.71. The van der Waals surface area contributed by atoms with E-state index < -0.39 is 0 Å². The third kappa shape index (κ3) is 2.47. The van der Waals surface area contributed by atoms with E-state index in [1.54, 1.807) is 32.5 Å². The number of hydrogen-bond acceptors (Lipinski definition) is 4. The van der Waals surface area contributed by atoms with Crippen LogP contribution in [0.25, 0.3) is 0 Å². The zero-order valence-corrected chi connectivity index (χ0v) is 9.71. The van der Waals surface area contributed by atoms with Gasteiger partial charge in [0.05, 0.1) is 14.2 Å². The first-order valence-corrected chi connectivity index (χ1v) is 5.15. The van der Waals surface area contributed by atoms with Crippen molar-refractivity contribution in [3.8, 4) is 23.1 Å². The van der Waals surface area contributed by atoms with E-state index in [-0.39, 0.29) is 0 Å². The van der Waals surface area contributed by atoms with Crippen molar-refractivity contribution < 1.29 is 14.2 Å². The molecule has 0 N–H and O–H groups in total. The van der Waals surface area contributed by atoms with Gasteiger partial charge in [0.2, 0.25) is 0 Å². The molecule has 2 rings (SSSR count). The maximum atomic E-state index is 5.71. The van der Waals surface area contributed by atoms with Gasteiger partial charge in [-0.25, -0.2) is 4.98 Å². The van der Waals surface area contributed by atoms with Crippen molar-refractivity contribution in [1.82, 2.24) is 4.98 Å². The fourth-order valence-corrected chi connectivity index (χ4v) is 1.43. The normalized spacial score (nSPS) is 9.76. The first-order chi connectivity index (χ1) is 8.35. The van der Waals surface area contributed by atoms with Gasteiger partial charge in [0.1, 0.15) is 0 Å². The van der Waals surface area contributed by atoms with Crippen LogP contribution in [0.3, 0.4) is 0 Å². The molecule has 4 heteroatoms. The van der Waals surface area contributed by atoms with Crippen LogP contribution in [0, 0.1) is 0 Å². The van der Waals surface area contributed by atoms with E-state index in [9.17, 15) is 0 Å². The number of hydrogen-bond donors (Lipinski definition) is 0. The minimum absolute atomic E-state index is 0.443. The Hall–Kier alpha value is -2.23. The number of pyridine rings is 1. The van der Waals surface area contributed by atoms with Gasteiger partial charge in [0.15, 0.2) is 17.2 Å². The molecule has 1 heterocycles. The number of nitrogens with zero attached hydrogens (tertiary/aromatic N) is 1. The van der Waals surface area contributed by atoms with E-state index in [1.807, 2.05) is 24.3 Å². The molecule has 0 aliphatic carbocycles. The van der Waals surface area contributed by atoms with E-state index in [0.717, 1.165) is 0 Å². The van der Waals surface area contributed by atoms with Crippen LogP contribution in [0.2, 0.25) is 0 Å². The van der Waals surface area contributed by atoms with Crippen molar-refractivity contribution in [1.29, 1.82) is 0 Å². The van der Waals surface area contributed by atoms with E-state index in [2.05, 4.69) is 4.98 Å². The minimum Gasteiger partial charge on any atom is -0.493 e. The maximum Gasteiger partial charge on any atom is 0.257 e. The summed E-state index contributed by atoms with van der Waals surface area (Å²) in [5.41, 5.74) is 0. The molecule has 0 radical (unpaired) electrons. The van der Waals surface area contributed by atoms with Gasteiger partial charge in [-0.15, -0.1) is 0 Å². The highest BCUT2D eigenvalue weighted by atomic mass is 16.5. The molecular weight excluding hydrogens is 218 g/mol. The molecule has 2 aromatic rings. The number of methoxy groups -OCH3 is 2. The van der Waals surface area contributed by atoms with Crippen LogP contribution in [0.5, 0.6) is 23.1 Å². The lowest BCUT2D eigenvalue weighted by molar-refractivity contribution is 0.347. The first kappa shape index (κ1) is 11.3. The third-order valence-corrected chi connectivity index (χ3v) is 2.22. The molecule has 0 saturated carbocycles. The lowest BCUT2D eigenvalue weighted by Crippen LogP contribution is -1.94. The average molecular weight is 231 g/mol. The number of para-hydroxylation sites is 2. The van der Waals surface area contributed by atoms with Crippen LogP contribution in [-0.2, 0) is 0 Å². The van der Waals surface area contributed by atoms with Gasteiger partial charge in [0, 0.05) is 6.20 Å². The Morgan fingerprint density at radius 3 is 2.24 bits per heavy atom. The molecule has 0 bridgehead atoms. The Morgan fingerprint density at radius 1 is 0.824 bits per heavy atom. The Bertz CT molecular complexity index is 454. The molecule has 0 spiro atoms. The molecule has 0 saturated heterocycles. The Kier molecular flexibility index (Phi) is 3.45. The Morgan fingerprint density at radius 2 is 1.53 bits per heavy atom. The molecule has 0 fully saturated rings. The smallest absolute Gasteiger partial charge is 0.257 e. The third-order valence-electron chi connectivity index (χ3n) is 2.22. The average Bonchev–Trinajstić information content (AvgIpc) is 2.40. The molecule has 0 amide bonds. The standard InChI is InChI=1S/C13H13NO3/c1-15-10-6-3-4-7-11(10)17-12-8-5-9-14-13(12)16-2/h3-9H,1-2H3. The number of aromatic nitrogens is 1. The summed E-state index contributed by atoms with van der Waals surface area (Å²) in [5, 5.41) is 0. The number of rotatable bonds is 4. The van der Waals surface area contributed by atoms with E-state index in [4.69, 9.17) is 14.2 Å². The summed E-state index contributed by atoms with van der Waals surface area (Å²) in [4.78, 5) is 4.06. The molecule has 0 aliphatic rings. The van der Waals surface area contributed by atoms with Gasteiger partial charge in [0.25, 0.3) is 5.88 Å². The van der Waals surface area contributed by atoms with Crippen LogP contribution < -0.4 is 14.2 Å². The zero-order valence-electron chi connectivity index (χ0n) is 9.71. The van der Waals surface area contributed by atoms with Crippen LogP contribution >= 0.6 is 0 Å². The van der Waals surface area contributed by atoms with Gasteiger partial charge in [-0.3, -0.25) is 0 Å². The highest BCUT2D eigenvalue weighted by molar-refractivity contribution is 5.44. The highest BCUT2D eigenvalue weighted by Gasteiger charge is 2.09. The summed E-state index contributed by atoms with van der Waals surface area (Å²) in [6.45, 7) is 0. The van der Waals surface area contributed by atoms with Gasteiger partial charge < -0.3 is 14.2 Å². The van der Waals surface area contributed by atoms with E-state index in [1.165, 1.54) is 0 Å². The lowest BCUT2D eigenvalue weighted by Gasteiger charge is -2.11.